The van der Waals surface area contributed by atoms with Gasteiger partial charge in [-0.1, -0.05) is 0 Å². The molecule has 2 aromatic rings. The van der Waals surface area contributed by atoms with Gasteiger partial charge >= 0.3 is 0 Å². The smallest absolute Gasteiger partial charge is 0.251 e. The molecule has 0 fully saturated rings. The molecule has 0 aliphatic heterocycles. The summed E-state index contributed by atoms with van der Waals surface area (Å²) < 4.78 is 31.4. The van der Waals surface area contributed by atoms with Crippen molar-refractivity contribution in [1.29, 1.82) is 0 Å². The van der Waals surface area contributed by atoms with Gasteiger partial charge in [0, 0.05) is 18.2 Å². The summed E-state index contributed by atoms with van der Waals surface area (Å²) in [7, 11) is 0. The average molecular weight is 362 g/mol. The molecule has 0 bridgehead atoms. The summed E-state index contributed by atoms with van der Waals surface area (Å²) in [5.74, 6) is -1.42. The van der Waals surface area contributed by atoms with E-state index in [1.165, 1.54) is 12.1 Å². The maximum atomic E-state index is 13.1. The standard InChI is InChI=1S/C19H20F2N2O3/c1-2-26-17-5-3-14(4-6-17)19(25)23-12-18(24)22-8-7-13-9-15(20)11-16(21)10-13/h3-6,9-11H,2,7-8,12H2,1H3,(H,22,24)(H,23,25). The van der Waals surface area contributed by atoms with Crippen LogP contribution in [-0.2, 0) is 11.2 Å². The van der Waals surface area contributed by atoms with E-state index in [4.69, 9.17) is 4.74 Å². The number of halogens is 2. The molecule has 0 aromatic heterocycles. The maximum absolute atomic E-state index is 13.1. The lowest BCUT2D eigenvalue weighted by molar-refractivity contribution is -0.120. The van der Waals surface area contributed by atoms with Crippen LogP contribution in [0.25, 0.3) is 0 Å². The zero-order chi connectivity index (χ0) is 18.9. The first-order chi connectivity index (χ1) is 12.5. The fourth-order valence-electron chi connectivity index (χ4n) is 2.30. The first-order valence-electron chi connectivity index (χ1n) is 8.20. The molecule has 0 aliphatic carbocycles. The second-order valence-electron chi connectivity index (χ2n) is 5.52. The lowest BCUT2D eigenvalue weighted by Crippen LogP contribution is -2.37. The number of nitrogens with one attached hydrogen (secondary N) is 2. The molecular formula is C19H20F2N2O3. The highest BCUT2D eigenvalue weighted by atomic mass is 19.1. The molecule has 2 rings (SSSR count). The van der Waals surface area contributed by atoms with Gasteiger partial charge in [0.1, 0.15) is 17.4 Å². The van der Waals surface area contributed by atoms with Crippen LogP contribution in [-0.4, -0.2) is 31.5 Å². The van der Waals surface area contributed by atoms with Gasteiger partial charge in [0.15, 0.2) is 0 Å². The minimum absolute atomic E-state index is 0.191. The Morgan fingerprint density at radius 3 is 2.27 bits per heavy atom. The Bertz CT molecular complexity index is 744. The van der Waals surface area contributed by atoms with Gasteiger partial charge in [-0.2, -0.15) is 0 Å². The van der Waals surface area contributed by atoms with Crippen LogP contribution in [0.5, 0.6) is 5.75 Å². The van der Waals surface area contributed by atoms with Crippen LogP contribution < -0.4 is 15.4 Å². The molecule has 2 amide bonds. The van der Waals surface area contributed by atoms with Gasteiger partial charge in [0.25, 0.3) is 5.91 Å². The topological polar surface area (TPSA) is 67.4 Å². The van der Waals surface area contributed by atoms with Crippen molar-refractivity contribution in [1.82, 2.24) is 10.6 Å². The Morgan fingerprint density at radius 2 is 1.65 bits per heavy atom. The largest absolute Gasteiger partial charge is 0.494 e. The van der Waals surface area contributed by atoms with Crippen molar-refractivity contribution in [2.75, 3.05) is 19.7 Å². The summed E-state index contributed by atoms with van der Waals surface area (Å²) in [6.07, 6.45) is 0.285. The summed E-state index contributed by atoms with van der Waals surface area (Å²) in [5.41, 5.74) is 0.859. The van der Waals surface area contributed by atoms with Gasteiger partial charge in [0.05, 0.1) is 13.2 Å². The van der Waals surface area contributed by atoms with Gasteiger partial charge in [0.2, 0.25) is 5.91 Å². The highest BCUT2D eigenvalue weighted by Gasteiger charge is 2.08. The molecule has 5 nitrogen and oxygen atoms in total. The monoisotopic (exact) mass is 362 g/mol. The molecule has 0 saturated heterocycles. The molecule has 0 unspecified atom stereocenters. The van der Waals surface area contributed by atoms with Crippen molar-refractivity contribution in [2.45, 2.75) is 13.3 Å². The van der Waals surface area contributed by atoms with Gasteiger partial charge in [-0.3, -0.25) is 9.59 Å². The van der Waals surface area contributed by atoms with Crippen LogP contribution in [0.1, 0.15) is 22.8 Å². The highest BCUT2D eigenvalue weighted by Crippen LogP contribution is 2.12. The Labute approximate surface area is 150 Å². The van der Waals surface area contributed by atoms with Crippen LogP contribution in [0.3, 0.4) is 0 Å². The molecule has 7 heteroatoms. The van der Waals surface area contributed by atoms with E-state index >= 15 is 0 Å². The number of amides is 2. The number of carbonyl (C=O) groups is 2. The Morgan fingerprint density at radius 1 is 1.00 bits per heavy atom. The molecule has 0 aliphatic rings. The van der Waals surface area contributed by atoms with E-state index in [-0.39, 0.29) is 31.3 Å². The molecular weight excluding hydrogens is 342 g/mol. The molecule has 0 heterocycles. The highest BCUT2D eigenvalue weighted by molar-refractivity contribution is 5.96. The van der Waals surface area contributed by atoms with Crippen LogP contribution in [0.2, 0.25) is 0 Å². The zero-order valence-corrected chi connectivity index (χ0v) is 14.4. The molecule has 2 N–H and O–H groups in total. The predicted octanol–water partition coefficient (Wildman–Crippen LogP) is 2.45. The van der Waals surface area contributed by atoms with Gasteiger partial charge in [-0.15, -0.1) is 0 Å². The molecule has 138 valence electrons. The Hall–Kier alpha value is -2.96. The number of ether oxygens (including phenoxy) is 1. The quantitative estimate of drug-likeness (QED) is 0.758. The first-order valence-corrected chi connectivity index (χ1v) is 8.20. The van der Waals surface area contributed by atoms with Crippen LogP contribution in [0, 0.1) is 11.6 Å². The molecule has 2 aromatic carbocycles. The number of carbonyl (C=O) groups excluding carboxylic acids is 2. The normalized spacial score (nSPS) is 10.3. The van der Waals surface area contributed by atoms with Crippen LogP contribution >= 0.6 is 0 Å². The van der Waals surface area contributed by atoms with E-state index in [0.29, 0.717) is 23.5 Å². The van der Waals surface area contributed by atoms with Crippen LogP contribution in [0.15, 0.2) is 42.5 Å². The number of benzene rings is 2. The third kappa shape index (κ3) is 6.16. The SMILES string of the molecule is CCOc1ccc(C(=O)NCC(=O)NCCc2cc(F)cc(F)c2)cc1. The van der Waals surface area contributed by atoms with Crippen molar-refractivity contribution in [3.8, 4) is 5.75 Å². The zero-order valence-electron chi connectivity index (χ0n) is 14.4. The van der Waals surface area contributed by atoms with Crippen LogP contribution in [0.4, 0.5) is 8.78 Å². The fraction of sp³-hybridized carbons (Fsp3) is 0.263. The summed E-state index contributed by atoms with van der Waals surface area (Å²) in [4.78, 5) is 23.7. The third-order valence-electron chi connectivity index (χ3n) is 3.50. The predicted molar refractivity (Wildman–Crippen MR) is 93.0 cm³/mol. The van der Waals surface area contributed by atoms with Gasteiger partial charge in [-0.25, -0.2) is 8.78 Å². The lowest BCUT2D eigenvalue weighted by Gasteiger charge is -2.08. The van der Waals surface area contributed by atoms with E-state index in [0.717, 1.165) is 6.07 Å². The van der Waals surface area contributed by atoms with Gasteiger partial charge < -0.3 is 15.4 Å². The van der Waals surface area contributed by atoms with Crippen molar-refractivity contribution in [2.24, 2.45) is 0 Å². The second kappa shape index (κ2) is 9.50. The number of hydrogen-bond acceptors (Lipinski definition) is 3. The minimum Gasteiger partial charge on any atom is -0.494 e. The molecule has 0 spiro atoms. The summed E-state index contributed by atoms with van der Waals surface area (Å²) >= 11 is 0. The second-order valence-corrected chi connectivity index (χ2v) is 5.52. The molecule has 0 radical (unpaired) electrons. The van der Waals surface area contributed by atoms with Crippen molar-refractivity contribution >= 4 is 11.8 Å². The third-order valence-corrected chi connectivity index (χ3v) is 3.50. The molecule has 0 atom stereocenters. The first kappa shape index (κ1) is 19.4. The lowest BCUT2D eigenvalue weighted by atomic mass is 10.1. The van der Waals surface area contributed by atoms with E-state index in [2.05, 4.69) is 10.6 Å². The molecule has 0 saturated carbocycles. The van der Waals surface area contributed by atoms with Gasteiger partial charge in [-0.05, 0) is 55.3 Å². The minimum atomic E-state index is -0.658. The summed E-state index contributed by atoms with van der Waals surface area (Å²) in [6.45, 7) is 2.42. The molecule has 26 heavy (non-hydrogen) atoms. The van der Waals surface area contributed by atoms with Crippen molar-refractivity contribution < 1.29 is 23.1 Å². The van der Waals surface area contributed by atoms with E-state index < -0.39 is 11.6 Å². The summed E-state index contributed by atoms with van der Waals surface area (Å²) in [6, 6.07) is 9.78. The van der Waals surface area contributed by atoms with E-state index in [9.17, 15) is 18.4 Å². The Balaban J connectivity index is 1.73. The number of hydrogen-bond donors (Lipinski definition) is 2. The maximum Gasteiger partial charge on any atom is 0.251 e. The number of rotatable bonds is 8. The Kier molecular flexibility index (Phi) is 7.08. The fourth-order valence-corrected chi connectivity index (χ4v) is 2.30. The van der Waals surface area contributed by atoms with E-state index in [1.807, 2.05) is 6.92 Å². The average Bonchev–Trinajstić information content (AvgIpc) is 2.60. The van der Waals surface area contributed by atoms with E-state index in [1.54, 1.807) is 24.3 Å². The van der Waals surface area contributed by atoms with Crippen molar-refractivity contribution in [3.63, 3.8) is 0 Å². The van der Waals surface area contributed by atoms with Crippen molar-refractivity contribution in [3.05, 3.63) is 65.2 Å². The summed E-state index contributed by atoms with van der Waals surface area (Å²) in [5, 5.41) is 5.09.